The first-order chi connectivity index (χ1) is 10.0. The van der Waals surface area contributed by atoms with Crippen LogP contribution in [0, 0.1) is 5.92 Å². The van der Waals surface area contributed by atoms with E-state index in [-0.39, 0.29) is 11.9 Å². The largest absolute Gasteiger partial charge is 0.497 e. The van der Waals surface area contributed by atoms with E-state index in [2.05, 4.69) is 0 Å². The number of carbonyl (C=O) groups excluding carboxylic acids is 1. The summed E-state index contributed by atoms with van der Waals surface area (Å²) < 4.78 is 5.12. The Hall–Kier alpha value is -1.26. The van der Waals surface area contributed by atoms with Crippen molar-refractivity contribution < 1.29 is 9.53 Å². The van der Waals surface area contributed by atoms with Gasteiger partial charge in [0.25, 0.3) is 0 Å². The number of likely N-dealkylation sites (tertiary alicyclic amines) is 1. The molecule has 0 aliphatic carbocycles. The molecule has 1 aliphatic rings. The van der Waals surface area contributed by atoms with Crippen molar-refractivity contribution in [3.63, 3.8) is 0 Å². The Morgan fingerprint density at radius 2 is 2.33 bits per heavy atom. The fraction of sp³-hybridized carbons (Fsp3) is 0.562. The van der Waals surface area contributed by atoms with Crippen LogP contribution in [0.5, 0.6) is 5.75 Å². The second-order valence-corrected chi connectivity index (χ2v) is 6.14. The van der Waals surface area contributed by atoms with Gasteiger partial charge in [0.15, 0.2) is 0 Å². The third-order valence-corrected chi connectivity index (χ3v) is 4.51. The maximum atomic E-state index is 12.4. The maximum Gasteiger partial charge on any atom is 0.227 e. The van der Waals surface area contributed by atoms with E-state index in [0.717, 1.165) is 31.5 Å². The van der Waals surface area contributed by atoms with E-state index in [1.165, 1.54) is 0 Å². The van der Waals surface area contributed by atoms with Crippen LogP contribution in [0.3, 0.4) is 0 Å². The molecule has 2 atom stereocenters. The van der Waals surface area contributed by atoms with Gasteiger partial charge in [-0.15, -0.1) is 0 Å². The molecular formula is C16H23ClN2O2. The van der Waals surface area contributed by atoms with Gasteiger partial charge in [0.1, 0.15) is 5.75 Å². The normalized spacial score (nSPS) is 20.2. The minimum absolute atomic E-state index is 0.118. The van der Waals surface area contributed by atoms with Crippen LogP contribution in [0.2, 0.25) is 5.02 Å². The monoisotopic (exact) mass is 310 g/mol. The van der Waals surface area contributed by atoms with E-state index in [9.17, 15) is 4.79 Å². The number of piperidine rings is 1. The SMILES string of the molecule is COc1ccc(CC(=O)N2CCCC(C(C)N)C2)c(Cl)c1. The Kier molecular flexibility index (Phi) is 5.48. The molecule has 116 valence electrons. The Morgan fingerprint density at radius 1 is 1.57 bits per heavy atom. The van der Waals surface area contributed by atoms with E-state index in [0.29, 0.717) is 23.1 Å². The van der Waals surface area contributed by atoms with Crippen LogP contribution in [0.15, 0.2) is 18.2 Å². The average molecular weight is 311 g/mol. The zero-order chi connectivity index (χ0) is 15.4. The lowest BCUT2D eigenvalue weighted by Crippen LogP contribution is -2.45. The lowest BCUT2D eigenvalue weighted by molar-refractivity contribution is -0.132. The van der Waals surface area contributed by atoms with Crippen LogP contribution in [0.25, 0.3) is 0 Å². The average Bonchev–Trinajstić information content (AvgIpc) is 2.49. The van der Waals surface area contributed by atoms with Crippen LogP contribution in [-0.4, -0.2) is 37.0 Å². The number of nitrogens with two attached hydrogens (primary N) is 1. The van der Waals surface area contributed by atoms with Gasteiger partial charge in [0.05, 0.1) is 13.5 Å². The fourth-order valence-electron chi connectivity index (χ4n) is 2.74. The summed E-state index contributed by atoms with van der Waals surface area (Å²) in [6.07, 6.45) is 2.45. The highest BCUT2D eigenvalue weighted by atomic mass is 35.5. The van der Waals surface area contributed by atoms with Crippen molar-refractivity contribution in [2.24, 2.45) is 11.7 Å². The number of amides is 1. The van der Waals surface area contributed by atoms with Crippen molar-refractivity contribution in [3.05, 3.63) is 28.8 Å². The molecule has 1 amide bonds. The second-order valence-electron chi connectivity index (χ2n) is 5.74. The molecule has 2 rings (SSSR count). The molecule has 2 unspecified atom stereocenters. The van der Waals surface area contributed by atoms with Crippen LogP contribution < -0.4 is 10.5 Å². The van der Waals surface area contributed by atoms with Crippen LogP contribution in [0.1, 0.15) is 25.3 Å². The molecule has 1 aromatic rings. The zero-order valence-electron chi connectivity index (χ0n) is 12.6. The van der Waals surface area contributed by atoms with Gasteiger partial charge in [0, 0.05) is 24.2 Å². The van der Waals surface area contributed by atoms with Gasteiger partial charge < -0.3 is 15.4 Å². The minimum atomic E-state index is 0.118. The van der Waals surface area contributed by atoms with E-state index in [1.54, 1.807) is 13.2 Å². The van der Waals surface area contributed by atoms with Gasteiger partial charge in [-0.25, -0.2) is 0 Å². The van der Waals surface area contributed by atoms with Crippen molar-refractivity contribution in [1.29, 1.82) is 0 Å². The first-order valence-corrected chi connectivity index (χ1v) is 7.75. The molecule has 1 saturated heterocycles. The molecule has 1 aliphatic heterocycles. The first kappa shape index (κ1) is 16.1. The predicted molar refractivity (Wildman–Crippen MR) is 84.7 cm³/mol. The zero-order valence-corrected chi connectivity index (χ0v) is 13.4. The molecule has 1 fully saturated rings. The molecule has 0 aromatic heterocycles. The van der Waals surface area contributed by atoms with Crippen LogP contribution in [0.4, 0.5) is 0 Å². The van der Waals surface area contributed by atoms with Crippen LogP contribution in [-0.2, 0) is 11.2 Å². The summed E-state index contributed by atoms with van der Waals surface area (Å²) >= 11 is 6.20. The van der Waals surface area contributed by atoms with Crippen molar-refractivity contribution in [3.8, 4) is 5.75 Å². The summed E-state index contributed by atoms with van der Waals surface area (Å²) in [6.45, 7) is 3.58. The third kappa shape index (κ3) is 4.11. The number of carbonyl (C=O) groups is 1. The fourth-order valence-corrected chi connectivity index (χ4v) is 2.98. The highest BCUT2D eigenvalue weighted by Crippen LogP contribution is 2.24. The van der Waals surface area contributed by atoms with Gasteiger partial charge in [-0.3, -0.25) is 4.79 Å². The molecule has 0 bridgehead atoms. The summed E-state index contributed by atoms with van der Waals surface area (Å²) in [5, 5.41) is 0.573. The topological polar surface area (TPSA) is 55.6 Å². The van der Waals surface area contributed by atoms with Gasteiger partial charge in [0.2, 0.25) is 5.91 Å². The van der Waals surface area contributed by atoms with E-state index in [1.807, 2.05) is 24.0 Å². The lowest BCUT2D eigenvalue weighted by atomic mass is 9.92. The molecule has 2 N–H and O–H groups in total. The number of ether oxygens (including phenoxy) is 1. The van der Waals surface area contributed by atoms with E-state index >= 15 is 0 Å². The molecular weight excluding hydrogens is 288 g/mol. The predicted octanol–water partition coefficient (Wildman–Crippen LogP) is 2.48. The summed E-state index contributed by atoms with van der Waals surface area (Å²) in [5.74, 6) is 1.22. The van der Waals surface area contributed by atoms with Crippen molar-refractivity contribution in [2.45, 2.75) is 32.2 Å². The smallest absolute Gasteiger partial charge is 0.227 e. The first-order valence-electron chi connectivity index (χ1n) is 7.37. The van der Waals surface area contributed by atoms with Crippen molar-refractivity contribution >= 4 is 17.5 Å². The third-order valence-electron chi connectivity index (χ3n) is 4.16. The lowest BCUT2D eigenvalue weighted by Gasteiger charge is -2.34. The highest BCUT2D eigenvalue weighted by molar-refractivity contribution is 6.31. The number of benzene rings is 1. The number of hydrogen-bond acceptors (Lipinski definition) is 3. The van der Waals surface area contributed by atoms with E-state index in [4.69, 9.17) is 22.1 Å². The Morgan fingerprint density at radius 3 is 2.95 bits per heavy atom. The summed E-state index contributed by atoms with van der Waals surface area (Å²) in [7, 11) is 1.60. The summed E-state index contributed by atoms with van der Waals surface area (Å²) in [6, 6.07) is 5.55. The molecule has 1 aromatic carbocycles. The Bertz CT molecular complexity index is 505. The van der Waals surface area contributed by atoms with Crippen molar-refractivity contribution in [1.82, 2.24) is 4.90 Å². The van der Waals surface area contributed by atoms with Gasteiger partial charge in [-0.2, -0.15) is 0 Å². The van der Waals surface area contributed by atoms with Crippen molar-refractivity contribution in [2.75, 3.05) is 20.2 Å². The summed E-state index contributed by atoms with van der Waals surface area (Å²) in [4.78, 5) is 14.4. The highest BCUT2D eigenvalue weighted by Gasteiger charge is 2.26. The molecule has 0 spiro atoms. The summed E-state index contributed by atoms with van der Waals surface area (Å²) in [5.41, 5.74) is 6.80. The quantitative estimate of drug-likeness (QED) is 0.929. The standard InChI is InChI=1S/C16H23ClN2O2/c1-11(18)13-4-3-7-19(10-13)16(20)8-12-5-6-14(21-2)9-15(12)17/h5-6,9,11,13H,3-4,7-8,10,18H2,1-2H3. The number of nitrogens with zero attached hydrogens (tertiary/aromatic N) is 1. The molecule has 1 heterocycles. The second kappa shape index (κ2) is 7.14. The van der Waals surface area contributed by atoms with Gasteiger partial charge in [-0.05, 0) is 43.4 Å². The van der Waals surface area contributed by atoms with E-state index < -0.39 is 0 Å². The molecule has 0 saturated carbocycles. The Labute approximate surface area is 131 Å². The number of hydrogen-bond donors (Lipinski definition) is 1. The molecule has 4 nitrogen and oxygen atoms in total. The number of methoxy groups -OCH3 is 1. The number of halogens is 1. The minimum Gasteiger partial charge on any atom is -0.497 e. The van der Waals surface area contributed by atoms with Gasteiger partial charge >= 0.3 is 0 Å². The Balaban J connectivity index is 2.01. The number of rotatable bonds is 4. The van der Waals surface area contributed by atoms with Gasteiger partial charge in [-0.1, -0.05) is 17.7 Å². The molecule has 21 heavy (non-hydrogen) atoms. The molecule has 0 radical (unpaired) electrons. The maximum absolute atomic E-state index is 12.4. The molecule has 5 heteroatoms. The van der Waals surface area contributed by atoms with Crippen LogP contribution >= 0.6 is 11.6 Å².